The number of carbonyl (C=O) groups excluding carboxylic acids is 3. The van der Waals surface area contributed by atoms with Crippen molar-refractivity contribution in [1.82, 2.24) is 5.32 Å². The van der Waals surface area contributed by atoms with Gasteiger partial charge in [0, 0.05) is 6.08 Å². The molecule has 1 aromatic carbocycles. The first-order valence-electron chi connectivity index (χ1n) is 9.76. The summed E-state index contributed by atoms with van der Waals surface area (Å²) in [7, 11) is 0. The molecular weight excluding hydrogens is 368 g/mol. The highest BCUT2D eigenvalue weighted by Crippen LogP contribution is 2.53. The van der Waals surface area contributed by atoms with Gasteiger partial charge in [-0.25, -0.2) is 4.90 Å². The third kappa shape index (κ3) is 3.01. The van der Waals surface area contributed by atoms with Gasteiger partial charge in [-0.05, 0) is 54.2 Å². The Hall–Kier alpha value is -3.41. The quantitative estimate of drug-likeness (QED) is 0.485. The second-order valence-corrected chi connectivity index (χ2v) is 7.74. The monoisotopic (exact) mass is 388 g/mol. The third-order valence-electron chi connectivity index (χ3n) is 6.04. The number of amides is 3. The van der Waals surface area contributed by atoms with Gasteiger partial charge in [0.25, 0.3) is 0 Å². The summed E-state index contributed by atoms with van der Waals surface area (Å²) in [4.78, 5) is 39.2. The van der Waals surface area contributed by atoms with E-state index in [1.165, 1.54) is 11.0 Å². The zero-order valence-corrected chi connectivity index (χ0v) is 15.7. The molecule has 1 aromatic heterocycles. The van der Waals surface area contributed by atoms with Gasteiger partial charge in [-0.15, -0.1) is 0 Å². The topological polar surface area (TPSA) is 79.6 Å². The molecule has 2 heterocycles. The van der Waals surface area contributed by atoms with E-state index < -0.39 is 0 Å². The molecular formula is C23H20N2O4. The lowest BCUT2D eigenvalue weighted by Gasteiger charge is -2.17. The first kappa shape index (κ1) is 17.7. The Balaban J connectivity index is 1.29. The second-order valence-electron chi connectivity index (χ2n) is 7.74. The molecule has 0 spiro atoms. The van der Waals surface area contributed by atoms with Crippen molar-refractivity contribution < 1.29 is 18.8 Å². The van der Waals surface area contributed by atoms with Gasteiger partial charge < -0.3 is 9.73 Å². The highest BCUT2D eigenvalue weighted by molar-refractivity contribution is 6.22. The lowest BCUT2D eigenvalue weighted by molar-refractivity contribution is -0.123. The van der Waals surface area contributed by atoms with Crippen molar-refractivity contribution in [3.8, 4) is 0 Å². The van der Waals surface area contributed by atoms with E-state index in [2.05, 4.69) is 17.5 Å². The number of fused-ring (bicyclic) bond motifs is 5. The Kier molecular flexibility index (Phi) is 4.19. The van der Waals surface area contributed by atoms with Crippen LogP contribution >= 0.6 is 0 Å². The minimum absolute atomic E-state index is 0.103. The maximum absolute atomic E-state index is 12.9. The van der Waals surface area contributed by atoms with E-state index in [1.807, 2.05) is 6.07 Å². The molecule has 3 aliphatic rings. The number of nitrogens with one attached hydrogen (secondary N) is 1. The lowest BCUT2D eigenvalue weighted by atomic mass is 9.85. The number of imide groups is 1. The summed E-state index contributed by atoms with van der Waals surface area (Å²) >= 11 is 0. The Labute approximate surface area is 167 Å². The Morgan fingerprint density at radius 3 is 2.55 bits per heavy atom. The van der Waals surface area contributed by atoms with Crippen LogP contribution in [-0.2, 0) is 20.9 Å². The summed E-state index contributed by atoms with van der Waals surface area (Å²) in [5, 5.41) is 2.74. The van der Waals surface area contributed by atoms with Crippen molar-refractivity contribution in [3.05, 3.63) is 72.2 Å². The van der Waals surface area contributed by atoms with Crippen molar-refractivity contribution in [1.29, 1.82) is 0 Å². The standard InChI is InChI=1S/C23H20N2O4/c26-19(24-13-18-5-2-10-29-18)9-6-14-3-1-4-17(11-14)25-22(27)20-15-7-8-16(12-15)21(20)23(25)28/h1-11,15-16,20-21H,12-13H2,(H,24,26)/b9-6+. The number of hydrogen-bond donors (Lipinski definition) is 1. The zero-order chi connectivity index (χ0) is 20.0. The molecule has 1 N–H and O–H groups in total. The molecule has 1 saturated heterocycles. The predicted molar refractivity (Wildman–Crippen MR) is 106 cm³/mol. The van der Waals surface area contributed by atoms with Crippen LogP contribution in [0.3, 0.4) is 0 Å². The number of hydrogen-bond acceptors (Lipinski definition) is 4. The molecule has 4 unspecified atom stereocenters. The van der Waals surface area contributed by atoms with Gasteiger partial charge in [-0.2, -0.15) is 0 Å². The largest absolute Gasteiger partial charge is 0.467 e. The number of nitrogens with zero attached hydrogens (tertiary/aromatic N) is 1. The van der Waals surface area contributed by atoms with Crippen molar-refractivity contribution in [2.75, 3.05) is 4.90 Å². The fourth-order valence-electron chi connectivity index (χ4n) is 4.74. The predicted octanol–water partition coefficient (Wildman–Crippen LogP) is 2.92. The first-order chi connectivity index (χ1) is 14.1. The van der Waals surface area contributed by atoms with Crippen LogP contribution in [0, 0.1) is 23.7 Å². The van der Waals surface area contributed by atoms with Crippen LogP contribution < -0.4 is 10.2 Å². The van der Waals surface area contributed by atoms with E-state index in [0.29, 0.717) is 18.0 Å². The molecule has 2 bridgehead atoms. The molecule has 6 nitrogen and oxygen atoms in total. The summed E-state index contributed by atoms with van der Waals surface area (Å²) in [6.07, 6.45) is 9.73. The summed E-state index contributed by atoms with van der Waals surface area (Å²) in [5.74, 6) is 0.155. The molecule has 1 aliphatic heterocycles. The Morgan fingerprint density at radius 2 is 1.86 bits per heavy atom. The van der Waals surface area contributed by atoms with E-state index in [4.69, 9.17) is 4.42 Å². The van der Waals surface area contributed by atoms with Gasteiger partial charge in [0.15, 0.2) is 0 Å². The van der Waals surface area contributed by atoms with Crippen molar-refractivity contribution in [3.63, 3.8) is 0 Å². The number of anilines is 1. The van der Waals surface area contributed by atoms with Gasteiger partial charge >= 0.3 is 0 Å². The molecule has 5 rings (SSSR count). The third-order valence-corrected chi connectivity index (χ3v) is 6.04. The number of furan rings is 1. The Bertz CT molecular complexity index is 1010. The molecule has 2 aromatic rings. The fourth-order valence-corrected chi connectivity index (χ4v) is 4.74. The zero-order valence-electron chi connectivity index (χ0n) is 15.7. The normalized spacial score (nSPS) is 27.2. The number of benzene rings is 1. The van der Waals surface area contributed by atoms with Crippen molar-refractivity contribution in [2.24, 2.45) is 23.7 Å². The summed E-state index contributed by atoms with van der Waals surface area (Å²) in [6.45, 7) is 0.312. The minimum Gasteiger partial charge on any atom is -0.467 e. The summed E-state index contributed by atoms with van der Waals surface area (Å²) < 4.78 is 5.18. The molecule has 29 heavy (non-hydrogen) atoms. The molecule has 4 atom stereocenters. The van der Waals surface area contributed by atoms with E-state index >= 15 is 0 Å². The van der Waals surface area contributed by atoms with Crippen LogP contribution in [0.15, 0.2) is 65.3 Å². The van der Waals surface area contributed by atoms with Crippen LogP contribution in [0.25, 0.3) is 6.08 Å². The van der Waals surface area contributed by atoms with Crippen molar-refractivity contribution in [2.45, 2.75) is 13.0 Å². The van der Waals surface area contributed by atoms with Crippen LogP contribution in [0.5, 0.6) is 0 Å². The average molecular weight is 388 g/mol. The molecule has 2 aliphatic carbocycles. The van der Waals surface area contributed by atoms with Gasteiger partial charge in [-0.3, -0.25) is 14.4 Å². The van der Waals surface area contributed by atoms with E-state index in [-0.39, 0.29) is 41.4 Å². The second kappa shape index (κ2) is 6.88. The highest BCUT2D eigenvalue weighted by Gasteiger charge is 2.59. The van der Waals surface area contributed by atoms with E-state index in [9.17, 15) is 14.4 Å². The molecule has 1 saturated carbocycles. The molecule has 2 fully saturated rings. The van der Waals surface area contributed by atoms with Gasteiger partial charge in [0.05, 0.1) is 30.3 Å². The van der Waals surface area contributed by atoms with E-state index in [0.717, 1.165) is 12.0 Å². The van der Waals surface area contributed by atoms with Crippen molar-refractivity contribution >= 4 is 29.5 Å². The molecule has 146 valence electrons. The maximum Gasteiger partial charge on any atom is 0.244 e. The highest BCUT2D eigenvalue weighted by atomic mass is 16.3. The SMILES string of the molecule is O=C(/C=C/c1cccc(N2C(=O)C3C4C=CC(C4)C3C2=O)c1)NCc1ccco1. The summed E-state index contributed by atoms with van der Waals surface area (Å²) in [6, 6.07) is 10.7. The molecule has 6 heteroatoms. The van der Waals surface area contributed by atoms with E-state index in [1.54, 1.807) is 42.7 Å². The first-order valence-corrected chi connectivity index (χ1v) is 9.76. The lowest BCUT2D eigenvalue weighted by Crippen LogP contribution is -2.32. The molecule has 0 radical (unpaired) electrons. The van der Waals surface area contributed by atoms with Crippen LogP contribution in [0.2, 0.25) is 0 Å². The van der Waals surface area contributed by atoms with Gasteiger partial charge in [0.2, 0.25) is 17.7 Å². The number of carbonyl (C=O) groups is 3. The van der Waals surface area contributed by atoms with Crippen LogP contribution in [0.1, 0.15) is 17.7 Å². The maximum atomic E-state index is 12.9. The fraction of sp³-hybridized carbons (Fsp3) is 0.261. The molecule has 3 amide bonds. The Morgan fingerprint density at radius 1 is 1.10 bits per heavy atom. The van der Waals surface area contributed by atoms with Crippen LogP contribution in [0.4, 0.5) is 5.69 Å². The minimum atomic E-state index is -0.252. The number of rotatable bonds is 5. The smallest absolute Gasteiger partial charge is 0.244 e. The number of allylic oxidation sites excluding steroid dienone is 2. The van der Waals surface area contributed by atoms with Gasteiger partial charge in [-0.1, -0.05) is 24.3 Å². The summed E-state index contributed by atoms with van der Waals surface area (Å²) in [5.41, 5.74) is 1.31. The van der Waals surface area contributed by atoms with Gasteiger partial charge in [0.1, 0.15) is 5.76 Å². The van der Waals surface area contributed by atoms with Crippen LogP contribution in [-0.4, -0.2) is 17.7 Å². The average Bonchev–Trinajstić information content (AvgIpc) is 3.50.